The van der Waals surface area contributed by atoms with Crippen LogP contribution in [0.4, 0.5) is 13.2 Å². The average molecular weight is 308 g/mol. The number of rotatable bonds is 2. The molecule has 8 heteroatoms. The molecule has 0 bridgehead atoms. The minimum absolute atomic E-state index is 0.0246. The Labute approximate surface area is 122 Å². The molecule has 1 saturated carbocycles. The lowest BCUT2D eigenvalue weighted by Gasteiger charge is -2.02. The van der Waals surface area contributed by atoms with E-state index < -0.39 is 18.0 Å². The van der Waals surface area contributed by atoms with E-state index in [1.807, 2.05) is 17.4 Å². The molecule has 0 saturated heterocycles. The molecule has 0 aromatic carbocycles. The van der Waals surface area contributed by atoms with Gasteiger partial charge in [0.15, 0.2) is 5.82 Å². The highest BCUT2D eigenvalue weighted by Gasteiger charge is 2.58. The molecule has 114 valence electrons. The fraction of sp³-hybridized carbons (Fsp3) is 0.357. The van der Waals surface area contributed by atoms with Crippen molar-refractivity contribution >= 4 is 5.65 Å². The third-order valence-corrected chi connectivity index (χ3v) is 3.91. The maximum Gasteiger partial charge on any atom is 0.392 e. The highest BCUT2D eigenvalue weighted by atomic mass is 19.4. The topological polar surface area (TPSA) is 56.2 Å². The lowest BCUT2D eigenvalue weighted by molar-refractivity contribution is -0.148. The van der Waals surface area contributed by atoms with Crippen LogP contribution in [0.2, 0.25) is 0 Å². The highest BCUT2D eigenvalue weighted by Crippen LogP contribution is 2.55. The first-order valence-electron chi connectivity index (χ1n) is 6.79. The van der Waals surface area contributed by atoms with Crippen molar-refractivity contribution < 1.29 is 17.7 Å². The van der Waals surface area contributed by atoms with E-state index in [-0.39, 0.29) is 18.1 Å². The summed E-state index contributed by atoms with van der Waals surface area (Å²) in [4.78, 5) is 8.38. The van der Waals surface area contributed by atoms with E-state index in [4.69, 9.17) is 4.52 Å². The largest absolute Gasteiger partial charge is 0.392 e. The molecule has 3 aromatic rings. The molecule has 3 heterocycles. The summed E-state index contributed by atoms with van der Waals surface area (Å²) in [7, 11) is 0. The van der Waals surface area contributed by atoms with Gasteiger partial charge in [0.2, 0.25) is 0 Å². The summed E-state index contributed by atoms with van der Waals surface area (Å²) in [6.45, 7) is 1.88. The monoisotopic (exact) mass is 308 g/mol. The van der Waals surface area contributed by atoms with Gasteiger partial charge in [-0.3, -0.25) is 4.40 Å². The standard InChI is InChI=1S/C14H11F3N4O/c1-7-6-18-11-4-2-3-10(21(7)11)13-19-12(20-22-13)8-5-9(8)14(15,16)17/h2-4,6,8-9H,5H2,1H3/t8-,9-/m1/s1. The Morgan fingerprint density at radius 1 is 1.32 bits per heavy atom. The lowest BCUT2D eigenvalue weighted by atomic mass is 10.3. The molecule has 1 aliphatic carbocycles. The van der Waals surface area contributed by atoms with E-state index in [1.165, 1.54) is 0 Å². The maximum absolute atomic E-state index is 12.6. The van der Waals surface area contributed by atoms with Crippen LogP contribution < -0.4 is 0 Å². The van der Waals surface area contributed by atoms with Gasteiger partial charge >= 0.3 is 6.18 Å². The quantitative estimate of drug-likeness (QED) is 0.728. The first-order valence-corrected chi connectivity index (χ1v) is 6.79. The zero-order valence-electron chi connectivity index (χ0n) is 11.5. The van der Waals surface area contributed by atoms with Gasteiger partial charge in [-0.1, -0.05) is 11.2 Å². The summed E-state index contributed by atoms with van der Waals surface area (Å²) in [5, 5.41) is 3.72. The number of aromatic nitrogens is 4. The summed E-state index contributed by atoms with van der Waals surface area (Å²) < 4.78 is 44.9. The van der Waals surface area contributed by atoms with Crippen LogP contribution in [0, 0.1) is 12.8 Å². The minimum Gasteiger partial charge on any atom is -0.332 e. The second-order valence-electron chi connectivity index (χ2n) is 5.45. The molecule has 1 fully saturated rings. The van der Waals surface area contributed by atoms with Gasteiger partial charge in [0.25, 0.3) is 5.89 Å². The van der Waals surface area contributed by atoms with Gasteiger partial charge in [-0.05, 0) is 25.5 Å². The van der Waals surface area contributed by atoms with Gasteiger partial charge < -0.3 is 4.52 Å². The molecule has 2 atom stereocenters. The summed E-state index contributed by atoms with van der Waals surface area (Å²) in [6.07, 6.45) is -2.47. The SMILES string of the molecule is Cc1cnc2cccc(-c3nc([C@@H]4C[C@H]4C(F)(F)F)no3)n12. The Morgan fingerprint density at radius 3 is 2.86 bits per heavy atom. The minimum atomic E-state index is -4.20. The van der Waals surface area contributed by atoms with Gasteiger partial charge in [-0.2, -0.15) is 18.2 Å². The molecule has 1 aliphatic rings. The Balaban J connectivity index is 1.71. The van der Waals surface area contributed by atoms with E-state index in [0.717, 1.165) is 5.69 Å². The van der Waals surface area contributed by atoms with Gasteiger partial charge in [0.05, 0.1) is 5.92 Å². The second kappa shape index (κ2) is 4.31. The first kappa shape index (κ1) is 13.3. The summed E-state index contributed by atoms with van der Waals surface area (Å²) in [6, 6.07) is 5.39. The smallest absolute Gasteiger partial charge is 0.332 e. The fourth-order valence-electron chi connectivity index (χ4n) is 2.69. The van der Waals surface area contributed by atoms with Crippen molar-refractivity contribution in [2.75, 3.05) is 0 Å². The van der Waals surface area contributed by atoms with Gasteiger partial charge in [-0.15, -0.1) is 0 Å². The van der Waals surface area contributed by atoms with Crippen molar-refractivity contribution in [2.45, 2.75) is 25.4 Å². The third kappa shape index (κ3) is 1.98. The highest BCUT2D eigenvalue weighted by molar-refractivity contribution is 5.56. The molecular weight excluding hydrogens is 297 g/mol. The molecule has 0 unspecified atom stereocenters. The van der Waals surface area contributed by atoms with Crippen LogP contribution in [-0.4, -0.2) is 25.7 Å². The Morgan fingerprint density at radius 2 is 2.14 bits per heavy atom. The molecular formula is C14H11F3N4O. The molecule has 5 nitrogen and oxygen atoms in total. The van der Waals surface area contributed by atoms with Crippen LogP contribution in [0.15, 0.2) is 28.9 Å². The van der Waals surface area contributed by atoms with Gasteiger partial charge in [-0.25, -0.2) is 4.98 Å². The fourth-order valence-corrected chi connectivity index (χ4v) is 2.69. The maximum atomic E-state index is 12.6. The summed E-state index contributed by atoms with van der Waals surface area (Å²) >= 11 is 0. The van der Waals surface area contributed by atoms with Crippen molar-refractivity contribution in [3.8, 4) is 11.6 Å². The van der Waals surface area contributed by atoms with Crippen LogP contribution in [0.3, 0.4) is 0 Å². The van der Waals surface area contributed by atoms with Crippen molar-refractivity contribution in [2.24, 2.45) is 5.92 Å². The summed E-state index contributed by atoms with van der Waals surface area (Å²) in [5.41, 5.74) is 2.22. The zero-order valence-corrected chi connectivity index (χ0v) is 11.5. The summed E-state index contributed by atoms with van der Waals surface area (Å²) in [5.74, 6) is -1.73. The molecule has 22 heavy (non-hydrogen) atoms. The molecule has 0 radical (unpaired) electrons. The predicted molar refractivity (Wildman–Crippen MR) is 70.1 cm³/mol. The van der Waals surface area contributed by atoms with E-state index in [0.29, 0.717) is 11.3 Å². The van der Waals surface area contributed by atoms with E-state index in [2.05, 4.69) is 15.1 Å². The molecule has 4 rings (SSSR count). The number of imidazole rings is 1. The number of halogens is 3. The predicted octanol–water partition coefficient (Wildman–Crippen LogP) is 3.36. The lowest BCUT2D eigenvalue weighted by Crippen LogP contribution is -2.11. The number of hydrogen-bond donors (Lipinski definition) is 0. The Bertz CT molecular complexity index is 851. The third-order valence-electron chi connectivity index (χ3n) is 3.91. The van der Waals surface area contributed by atoms with Crippen LogP contribution >= 0.6 is 0 Å². The molecule has 3 aromatic heterocycles. The van der Waals surface area contributed by atoms with Gasteiger partial charge in [0.1, 0.15) is 11.3 Å². The number of aryl methyl sites for hydroxylation is 1. The first-order chi connectivity index (χ1) is 10.4. The number of fused-ring (bicyclic) bond motifs is 1. The molecule has 0 spiro atoms. The van der Waals surface area contributed by atoms with Crippen molar-refractivity contribution in [1.82, 2.24) is 19.5 Å². The van der Waals surface area contributed by atoms with Crippen molar-refractivity contribution in [3.05, 3.63) is 35.9 Å². The van der Waals surface area contributed by atoms with Gasteiger partial charge in [0, 0.05) is 17.8 Å². The Hall–Kier alpha value is -2.38. The van der Waals surface area contributed by atoms with E-state index in [1.54, 1.807) is 18.3 Å². The molecule has 0 aliphatic heterocycles. The van der Waals surface area contributed by atoms with Crippen LogP contribution in [0.5, 0.6) is 0 Å². The molecule has 0 amide bonds. The Kier molecular flexibility index (Phi) is 2.60. The normalized spacial score (nSPS) is 21.5. The number of alkyl halides is 3. The van der Waals surface area contributed by atoms with E-state index in [9.17, 15) is 13.2 Å². The average Bonchev–Trinajstić information content (AvgIpc) is 3.00. The van der Waals surface area contributed by atoms with Crippen LogP contribution in [0.25, 0.3) is 17.2 Å². The van der Waals surface area contributed by atoms with Crippen molar-refractivity contribution in [1.29, 1.82) is 0 Å². The number of pyridine rings is 1. The number of hydrogen-bond acceptors (Lipinski definition) is 4. The molecule has 0 N–H and O–H groups in total. The van der Waals surface area contributed by atoms with Crippen LogP contribution in [0.1, 0.15) is 23.9 Å². The zero-order chi connectivity index (χ0) is 15.5. The van der Waals surface area contributed by atoms with E-state index >= 15 is 0 Å². The van der Waals surface area contributed by atoms with Crippen molar-refractivity contribution in [3.63, 3.8) is 0 Å². The second-order valence-corrected chi connectivity index (χ2v) is 5.45. The number of nitrogens with zero attached hydrogens (tertiary/aromatic N) is 4. The van der Waals surface area contributed by atoms with Crippen LogP contribution in [-0.2, 0) is 0 Å².